The summed E-state index contributed by atoms with van der Waals surface area (Å²) >= 11 is 0. The van der Waals surface area contributed by atoms with Crippen molar-refractivity contribution in [3.63, 3.8) is 0 Å². The Hall–Kier alpha value is -2.69. The Morgan fingerprint density at radius 1 is 1.14 bits per heavy atom. The molecule has 0 aliphatic carbocycles. The third-order valence-electron chi connectivity index (χ3n) is 2.92. The second kappa shape index (κ2) is 6.65. The minimum atomic E-state index is -0.192. The van der Waals surface area contributed by atoms with Gasteiger partial charge in [-0.3, -0.25) is 9.59 Å². The van der Waals surface area contributed by atoms with E-state index in [2.05, 4.69) is 10.3 Å². The van der Waals surface area contributed by atoms with Crippen LogP contribution in [0.15, 0.2) is 48.7 Å². The number of hydrogen-bond acceptors (Lipinski definition) is 3. The molecule has 0 unspecified atom stereocenters. The van der Waals surface area contributed by atoms with Crippen molar-refractivity contribution in [2.45, 2.75) is 13.5 Å². The van der Waals surface area contributed by atoms with Crippen molar-refractivity contribution in [3.05, 3.63) is 59.8 Å². The van der Waals surface area contributed by atoms with Gasteiger partial charge in [-0.1, -0.05) is 30.3 Å². The highest BCUT2D eigenvalue weighted by atomic mass is 16.2. The normalized spacial score (nSPS) is 10.0. The lowest BCUT2D eigenvalue weighted by molar-refractivity contribution is -0.114. The SMILES string of the molecule is CC(=O)Nc1ccc(C(=O)N(C)Cc2ccccc2)cn1. The summed E-state index contributed by atoms with van der Waals surface area (Å²) < 4.78 is 0. The number of amides is 2. The van der Waals surface area contributed by atoms with Gasteiger partial charge in [0.2, 0.25) is 5.91 Å². The van der Waals surface area contributed by atoms with Gasteiger partial charge >= 0.3 is 0 Å². The van der Waals surface area contributed by atoms with Gasteiger partial charge in [-0.15, -0.1) is 0 Å². The molecule has 0 saturated heterocycles. The molecule has 1 heterocycles. The molecule has 0 aliphatic rings. The first-order chi connectivity index (χ1) is 10.1. The van der Waals surface area contributed by atoms with Crippen molar-refractivity contribution in [3.8, 4) is 0 Å². The van der Waals surface area contributed by atoms with Crippen LogP contribution in [0.3, 0.4) is 0 Å². The Morgan fingerprint density at radius 2 is 1.86 bits per heavy atom. The maximum absolute atomic E-state index is 12.3. The van der Waals surface area contributed by atoms with E-state index in [0.29, 0.717) is 17.9 Å². The Labute approximate surface area is 123 Å². The average molecular weight is 283 g/mol. The predicted octanol–water partition coefficient (Wildman–Crippen LogP) is 2.31. The molecule has 2 amide bonds. The fourth-order valence-electron chi connectivity index (χ4n) is 1.92. The number of aromatic nitrogens is 1. The van der Waals surface area contributed by atoms with Crippen molar-refractivity contribution in [2.75, 3.05) is 12.4 Å². The zero-order valence-electron chi connectivity index (χ0n) is 12.0. The van der Waals surface area contributed by atoms with Gasteiger partial charge in [0.25, 0.3) is 5.91 Å². The average Bonchev–Trinajstić information content (AvgIpc) is 2.47. The van der Waals surface area contributed by atoms with E-state index in [-0.39, 0.29) is 11.8 Å². The van der Waals surface area contributed by atoms with Gasteiger partial charge in [0.05, 0.1) is 5.56 Å². The number of hydrogen-bond donors (Lipinski definition) is 1. The van der Waals surface area contributed by atoms with Gasteiger partial charge in [0.1, 0.15) is 5.82 Å². The van der Waals surface area contributed by atoms with E-state index in [4.69, 9.17) is 0 Å². The van der Waals surface area contributed by atoms with E-state index < -0.39 is 0 Å². The van der Waals surface area contributed by atoms with E-state index in [1.807, 2.05) is 30.3 Å². The molecule has 5 heteroatoms. The standard InChI is InChI=1S/C16H17N3O2/c1-12(20)18-15-9-8-14(10-17-15)16(21)19(2)11-13-6-4-3-5-7-13/h3-10H,11H2,1-2H3,(H,17,18,20). The molecule has 0 saturated carbocycles. The zero-order chi connectivity index (χ0) is 15.2. The summed E-state index contributed by atoms with van der Waals surface area (Å²) in [5.41, 5.74) is 1.55. The summed E-state index contributed by atoms with van der Waals surface area (Å²) in [5.74, 6) is 0.133. The molecule has 2 aromatic rings. The number of carbonyl (C=O) groups excluding carboxylic acids is 2. The van der Waals surface area contributed by atoms with Gasteiger partial charge in [0, 0.05) is 26.7 Å². The molecule has 0 aliphatic heterocycles. The van der Waals surface area contributed by atoms with Crippen LogP contribution in [0, 0.1) is 0 Å². The van der Waals surface area contributed by atoms with E-state index in [1.54, 1.807) is 24.1 Å². The summed E-state index contributed by atoms with van der Waals surface area (Å²) in [4.78, 5) is 28.9. The summed E-state index contributed by atoms with van der Waals surface area (Å²) in [6.45, 7) is 1.95. The number of carbonyl (C=O) groups is 2. The molecule has 21 heavy (non-hydrogen) atoms. The molecule has 5 nitrogen and oxygen atoms in total. The third kappa shape index (κ3) is 4.14. The molecule has 0 radical (unpaired) electrons. The van der Waals surface area contributed by atoms with Crippen molar-refractivity contribution in [1.29, 1.82) is 0 Å². The van der Waals surface area contributed by atoms with Gasteiger partial charge in [-0.25, -0.2) is 4.98 Å². The van der Waals surface area contributed by atoms with Crippen LogP contribution in [0.4, 0.5) is 5.82 Å². The second-order valence-corrected chi connectivity index (χ2v) is 4.76. The molecule has 0 spiro atoms. The minimum absolute atomic E-state index is 0.110. The Morgan fingerprint density at radius 3 is 2.43 bits per heavy atom. The summed E-state index contributed by atoms with van der Waals surface area (Å²) in [6.07, 6.45) is 1.47. The molecular formula is C16H17N3O2. The van der Waals surface area contributed by atoms with Crippen LogP contribution in [0.1, 0.15) is 22.8 Å². The highest BCUT2D eigenvalue weighted by Crippen LogP contribution is 2.10. The lowest BCUT2D eigenvalue weighted by atomic mass is 10.2. The largest absolute Gasteiger partial charge is 0.337 e. The van der Waals surface area contributed by atoms with Crippen LogP contribution in [0.2, 0.25) is 0 Å². The van der Waals surface area contributed by atoms with Gasteiger partial charge in [0.15, 0.2) is 0 Å². The van der Waals surface area contributed by atoms with Crippen molar-refractivity contribution < 1.29 is 9.59 Å². The molecule has 0 bridgehead atoms. The second-order valence-electron chi connectivity index (χ2n) is 4.76. The first-order valence-electron chi connectivity index (χ1n) is 6.59. The summed E-state index contributed by atoms with van der Waals surface area (Å²) in [7, 11) is 1.75. The smallest absolute Gasteiger partial charge is 0.255 e. The topological polar surface area (TPSA) is 62.3 Å². The molecule has 0 fully saturated rings. The number of rotatable bonds is 4. The molecular weight excluding hydrogens is 266 g/mol. The first-order valence-corrected chi connectivity index (χ1v) is 6.59. The van der Waals surface area contributed by atoms with Crippen LogP contribution < -0.4 is 5.32 Å². The van der Waals surface area contributed by atoms with E-state index in [1.165, 1.54) is 13.1 Å². The summed E-state index contributed by atoms with van der Waals surface area (Å²) in [5, 5.41) is 2.57. The Kier molecular flexibility index (Phi) is 4.66. The summed E-state index contributed by atoms with van der Waals surface area (Å²) in [6, 6.07) is 13.0. The molecule has 1 aromatic carbocycles. The Bertz CT molecular complexity index is 624. The maximum Gasteiger partial charge on any atom is 0.255 e. The van der Waals surface area contributed by atoms with E-state index in [9.17, 15) is 9.59 Å². The monoisotopic (exact) mass is 283 g/mol. The van der Waals surface area contributed by atoms with Gasteiger partial charge in [-0.2, -0.15) is 0 Å². The molecule has 108 valence electrons. The maximum atomic E-state index is 12.3. The van der Waals surface area contributed by atoms with Crippen LogP contribution >= 0.6 is 0 Å². The molecule has 1 N–H and O–H groups in total. The predicted molar refractivity (Wildman–Crippen MR) is 80.8 cm³/mol. The van der Waals surface area contributed by atoms with E-state index in [0.717, 1.165) is 5.56 Å². The van der Waals surface area contributed by atoms with Crippen LogP contribution in [0.5, 0.6) is 0 Å². The van der Waals surface area contributed by atoms with Crippen molar-refractivity contribution >= 4 is 17.6 Å². The van der Waals surface area contributed by atoms with Crippen LogP contribution in [0.25, 0.3) is 0 Å². The minimum Gasteiger partial charge on any atom is -0.337 e. The quantitative estimate of drug-likeness (QED) is 0.936. The zero-order valence-corrected chi connectivity index (χ0v) is 12.0. The number of nitrogens with one attached hydrogen (secondary N) is 1. The molecule has 0 atom stereocenters. The number of benzene rings is 1. The first kappa shape index (κ1) is 14.7. The molecule has 1 aromatic heterocycles. The van der Waals surface area contributed by atoms with Gasteiger partial charge < -0.3 is 10.2 Å². The number of nitrogens with zero attached hydrogens (tertiary/aromatic N) is 2. The van der Waals surface area contributed by atoms with Crippen molar-refractivity contribution in [2.24, 2.45) is 0 Å². The number of pyridine rings is 1. The highest BCUT2D eigenvalue weighted by molar-refractivity contribution is 5.94. The fraction of sp³-hybridized carbons (Fsp3) is 0.188. The Balaban J connectivity index is 2.03. The fourth-order valence-corrected chi connectivity index (χ4v) is 1.92. The van der Waals surface area contributed by atoms with E-state index >= 15 is 0 Å². The highest BCUT2D eigenvalue weighted by Gasteiger charge is 2.12. The van der Waals surface area contributed by atoms with Crippen molar-refractivity contribution in [1.82, 2.24) is 9.88 Å². The van der Waals surface area contributed by atoms with Crippen LogP contribution in [-0.4, -0.2) is 28.7 Å². The lowest BCUT2D eigenvalue weighted by Crippen LogP contribution is -2.26. The third-order valence-corrected chi connectivity index (χ3v) is 2.92. The lowest BCUT2D eigenvalue weighted by Gasteiger charge is -2.17. The molecule has 2 rings (SSSR count). The number of anilines is 1. The van der Waals surface area contributed by atoms with Crippen LogP contribution in [-0.2, 0) is 11.3 Å². The van der Waals surface area contributed by atoms with Gasteiger partial charge in [-0.05, 0) is 17.7 Å².